The van der Waals surface area contributed by atoms with Crippen molar-refractivity contribution in [3.05, 3.63) is 103 Å². The summed E-state index contributed by atoms with van der Waals surface area (Å²) in [6.07, 6.45) is 13.5. The van der Waals surface area contributed by atoms with Gasteiger partial charge in [0.1, 0.15) is 0 Å². The molecule has 7 rings (SSSR count). The van der Waals surface area contributed by atoms with Crippen molar-refractivity contribution in [1.82, 2.24) is 0 Å². The van der Waals surface area contributed by atoms with Gasteiger partial charge in [0, 0.05) is 31.3 Å². The van der Waals surface area contributed by atoms with E-state index in [4.69, 9.17) is 0 Å². The molecule has 0 spiro atoms. The summed E-state index contributed by atoms with van der Waals surface area (Å²) in [5.41, 5.74) is 4.39. The van der Waals surface area contributed by atoms with Gasteiger partial charge in [0.2, 0.25) is 0 Å². The highest BCUT2D eigenvalue weighted by atomic mass is 32.1. The number of unbranched alkanes of at least 4 members (excludes halogenated alkanes) is 9. The Kier molecular flexibility index (Phi) is 8.70. The predicted octanol–water partition coefficient (Wildman–Crippen LogP) is 12.1. The molecular weight excluding hydrogens is 589 g/mol. The van der Waals surface area contributed by atoms with E-state index in [-0.39, 0.29) is 10.9 Å². The first kappa shape index (κ1) is 30.1. The van der Waals surface area contributed by atoms with Crippen LogP contribution in [0.1, 0.15) is 82.3 Å². The second-order valence-corrected chi connectivity index (χ2v) is 14.6. The van der Waals surface area contributed by atoms with E-state index in [1.165, 1.54) is 51.4 Å². The highest BCUT2D eigenvalue weighted by Gasteiger charge is 2.25. The molecule has 0 radical (unpaired) electrons. The Balaban J connectivity index is 1.33. The third-order valence-electron chi connectivity index (χ3n) is 9.77. The van der Waals surface area contributed by atoms with E-state index in [2.05, 4.69) is 85.3 Å². The number of aryl methyl sites for hydroxylation is 2. The summed E-state index contributed by atoms with van der Waals surface area (Å²) >= 11 is 3.38. The summed E-state index contributed by atoms with van der Waals surface area (Å²) in [5, 5.41) is 11.3. The fourth-order valence-corrected chi connectivity index (χ4v) is 8.94. The van der Waals surface area contributed by atoms with Gasteiger partial charge in [-0.25, -0.2) is 0 Å². The van der Waals surface area contributed by atoms with Gasteiger partial charge in [-0.05, 0) is 98.6 Å². The van der Waals surface area contributed by atoms with Crippen molar-refractivity contribution in [2.24, 2.45) is 0 Å². The minimum absolute atomic E-state index is 0.0964. The Morgan fingerprint density at radius 3 is 1.58 bits per heavy atom. The minimum Gasteiger partial charge on any atom is -0.289 e. The smallest absolute Gasteiger partial charge is 0.194 e. The monoisotopic (exact) mass is 628 g/mol. The van der Waals surface area contributed by atoms with Crippen molar-refractivity contribution >= 4 is 65.8 Å². The average Bonchev–Trinajstić information content (AvgIpc) is 3.87. The van der Waals surface area contributed by atoms with Crippen LogP contribution in [0.2, 0.25) is 0 Å². The van der Waals surface area contributed by atoms with Gasteiger partial charge < -0.3 is 0 Å². The Labute approximate surface area is 273 Å². The van der Waals surface area contributed by atoms with Crippen molar-refractivity contribution in [3.8, 4) is 20.9 Å². The van der Waals surface area contributed by atoms with Gasteiger partial charge in [0.25, 0.3) is 0 Å². The van der Waals surface area contributed by atoms with Gasteiger partial charge >= 0.3 is 0 Å². The SMILES string of the molecule is CCCCCCCCCCCCc1c2c(=O)c3cc(-c4cccs4)ccc3c2c(C)c2c(=O)c3cc(-c4cccs4)ccc3c12. The Morgan fingerprint density at radius 1 is 0.533 bits per heavy atom. The lowest BCUT2D eigenvalue weighted by Gasteiger charge is -2.11. The van der Waals surface area contributed by atoms with Crippen molar-refractivity contribution in [3.63, 3.8) is 0 Å². The van der Waals surface area contributed by atoms with Gasteiger partial charge in [-0.3, -0.25) is 9.59 Å². The topological polar surface area (TPSA) is 34.1 Å². The largest absolute Gasteiger partial charge is 0.289 e. The van der Waals surface area contributed by atoms with Crippen LogP contribution in [0.5, 0.6) is 0 Å². The maximum absolute atomic E-state index is 14.4. The highest BCUT2D eigenvalue weighted by molar-refractivity contribution is 7.13. The molecule has 0 aliphatic heterocycles. The number of fused-ring (bicyclic) bond motifs is 6. The molecule has 0 saturated heterocycles. The number of thiophene rings is 2. The molecule has 0 aliphatic carbocycles. The van der Waals surface area contributed by atoms with E-state index in [1.807, 2.05) is 0 Å². The lowest BCUT2D eigenvalue weighted by atomic mass is 9.92. The Morgan fingerprint density at radius 2 is 1.04 bits per heavy atom. The van der Waals surface area contributed by atoms with Crippen LogP contribution in [0.25, 0.3) is 64.0 Å². The fourth-order valence-electron chi connectivity index (χ4n) is 7.50. The standard InChI is InChI=1S/C41H40O2S2/c1-3-4-5-6-7-8-9-10-11-12-15-31-38-30-21-19-28(35-17-14-23-45-35)25-33(30)40(42)37(38)26(2)36-29-20-18-27(34-16-13-22-44-34)24-32(29)41(43)39(31)36/h13-14,16-25H,3-12,15H2,1-2H3. The molecule has 0 N–H and O–H groups in total. The molecule has 5 aromatic carbocycles. The summed E-state index contributed by atoms with van der Waals surface area (Å²) < 4.78 is 0. The van der Waals surface area contributed by atoms with Crippen LogP contribution in [0.4, 0.5) is 0 Å². The van der Waals surface area contributed by atoms with Crippen molar-refractivity contribution in [2.75, 3.05) is 0 Å². The maximum Gasteiger partial charge on any atom is 0.194 e. The third kappa shape index (κ3) is 5.47. The summed E-state index contributed by atoms with van der Waals surface area (Å²) in [5.74, 6) is 0. The Hall–Kier alpha value is -3.60. The fraction of sp³-hybridized carbons (Fsp3) is 0.317. The lowest BCUT2D eigenvalue weighted by molar-refractivity contribution is 0.557. The molecule has 0 fully saturated rings. The minimum atomic E-state index is 0.0964. The van der Waals surface area contributed by atoms with E-state index in [1.54, 1.807) is 22.7 Å². The van der Waals surface area contributed by atoms with Gasteiger partial charge in [0.05, 0.1) is 0 Å². The van der Waals surface area contributed by atoms with Crippen molar-refractivity contribution < 1.29 is 0 Å². The van der Waals surface area contributed by atoms with Gasteiger partial charge in [-0.1, -0.05) is 101 Å². The maximum atomic E-state index is 14.4. The molecule has 0 saturated carbocycles. The number of hydrogen-bond acceptors (Lipinski definition) is 4. The predicted molar refractivity (Wildman–Crippen MR) is 198 cm³/mol. The van der Waals surface area contributed by atoms with E-state index >= 15 is 0 Å². The van der Waals surface area contributed by atoms with E-state index < -0.39 is 0 Å². The van der Waals surface area contributed by atoms with Crippen LogP contribution in [0.15, 0.2) is 81.0 Å². The Bertz CT molecular complexity index is 2150. The van der Waals surface area contributed by atoms with Crippen LogP contribution >= 0.6 is 22.7 Å². The second-order valence-electron chi connectivity index (χ2n) is 12.7. The first-order valence-electron chi connectivity index (χ1n) is 16.7. The van der Waals surface area contributed by atoms with E-state index in [0.717, 1.165) is 94.4 Å². The molecule has 2 heterocycles. The van der Waals surface area contributed by atoms with Crippen LogP contribution in [-0.4, -0.2) is 0 Å². The van der Waals surface area contributed by atoms with Crippen LogP contribution < -0.4 is 10.9 Å². The number of benzene rings is 3. The average molecular weight is 629 g/mol. The number of hydrogen-bond donors (Lipinski definition) is 0. The van der Waals surface area contributed by atoms with Crippen LogP contribution in [0.3, 0.4) is 0 Å². The van der Waals surface area contributed by atoms with Crippen molar-refractivity contribution in [1.29, 1.82) is 0 Å². The quantitative estimate of drug-likeness (QED) is 0.119. The summed E-state index contributed by atoms with van der Waals surface area (Å²) in [6, 6.07) is 21.0. The van der Waals surface area contributed by atoms with E-state index in [9.17, 15) is 9.59 Å². The molecule has 2 aromatic heterocycles. The summed E-state index contributed by atoms with van der Waals surface area (Å²) in [4.78, 5) is 31.0. The zero-order chi connectivity index (χ0) is 30.9. The number of rotatable bonds is 13. The van der Waals surface area contributed by atoms with Crippen LogP contribution in [0, 0.1) is 6.92 Å². The molecule has 0 atom stereocenters. The molecule has 228 valence electrons. The molecule has 7 aromatic rings. The molecule has 0 aliphatic rings. The molecule has 0 amide bonds. The zero-order valence-electron chi connectivity index (χ0n) is 26.3. The molecular formula is C41H40O2S2. The van der Waals surface area contributed by atoms with Gasteiger partial charge in [0.15, 0.2) is 10.9 Å². The van der Waals surface area contributed by atoms with Crippen LogP contribution in [-0.2, 0) is 6.42 Å². The third-order valence-corrected chi connectivity index (χ3v) is 11.6. The highest BCUT2D eigenvalue weighted by Crippen LogP contribution is 2.41. The normalized spacial score (nSPS) is 12.0. The van der Waals surface area contributed by atoms with Crippen molar-refractivity contribution in [2.45, 2.75) is 84.5 Å². The second kappa shape index (κ2) is 13.0. The first-order chi connectivity index (χ1) is 22.1. The lowest BCUT2D eigenvalue weighted by Crippen LogP contribution is -2.03. The molecule has 0 bridgehead atoms. The molecule has 4 heteroatoms. The van der Waals surface area contributed by atoms with Gasteiger partial charge in [-0.2, -0.15) is 0 Å². The molecule has 2 nitrogen and oxygen atoms in total. The summed E-state index contributed by atoms with van der Waals surface area (Å²) in [7, 11) is 0. The zero-order valence-corrected chi connectivity index (χ0v) is 28.0. The summed E-state index contributed by atoms with van der Waals surface area (Å²) in [6.45, 7) is 4.33. The molecule has 45 heavy (non-hydrogen) atoms. The van der Waals surface area contributed by atoms with Gasteiger partial charge in [-0.15, -0.1) is 22.7 Å². The first-order valence-corrected chi connectivity index (χ1v) is 18.5. The van der Waals surface area contributed by atoms with E-state index in [0.29, 0.717) is 0 Å². The molecule has 0 unspecified atom stereocenters.